The monoisotopic (exact) mass is 416 g/mol. The molecule has 2 aliphatic heterocycles. The molecule has 29 heavy (non-hydrogen) atoms. The number of hydrogen-bond acceptors (Lipinski definition) is 4. The van der Waals surface area contributed by atoms with Crippen LogP contribution in [0, 0.1) is 0 Å². The molecule has 1 fully saturated rings. The van der Waals surface area contributed by atoms with E-state index in [1.54, 1.807) is 17.3 Å². The largest absolute Gasteiger partial charge is 0.324 e. The van der Waals surface area contributed by atoms with Crippen LogP contribution in [0.4, 0.5) is 10.5 Å². The third-order valence-electron chi connectivity index (χ3n) is 5.04. The number of halogens is 1. The number of hydrogen-bond donors (Lipinski definition) is 2. The van der Waals surface area contributed by atoms with Gasteiger partial charge in [0.1, 0.15) is 6.33 Å². The number of urea groups is 1. The van der Waals surface area contributed by atoms with Gasteiger partial charge in [-0.25, -0.2) is 15.2 Å². The summed E-state index contributed by atoms with van der Waals surface area (Å²) in [5, 5.41) is 0.495. The van der Waals surface area contributed by atoms with Gasteiger partial charge in [0.05, 0.1) is 28.6 Å². The van der Waals surface area contributed by atoms with E-state index >= 15 is 0 Å². The van der Waals surface area contributed by atoms with Crippen molar-refractivity contribution in [2.24, 2.45) is 0 Å². The maximum absolute atomic E-state index is 13.2. The van der Waals surface area contributed by atoms with Gasteiger partial charge in [0, 0.05) is 18.6 Å². The lowest BCUT2D eigenvalue weighted by atomic mass is 10.1. The molecule has 0 unspecified atom stereocenters. The normalized spacial score (nSPS) is 15.9. The number of benzene rings is 1. The van der Waals surface area contributed by atoms with Crippen LogP contribution < -0.4 is 15.8 Å². The Morgan fingerprint density at radius 1 is 1.17 bits per heavy atom. The van der Waals surface area contributed by atoms with E-state index in [2.05, 4.69) is 15.8 Å². The molecule has 4 rings (SSSR count). The molecule has 2 N–H and O–H groups in total. The van der Waals surface area contributed by atoms with Gasteiger partial charge in [-0.15, -0.1) is 0 Å². The summed E-state index contributed by atoms with van der Waals surface area (Å²) in [6.45, 7) is 7.54. The first kappa shape index (κ1) is 19.7. The molecule has 9 heteroatoms. The second-order valence-corrected chi connectivity index (χ2v) is 8.82. The van der Waals surface area contributed by atoms with E-state index in [0.29, 0.717) is 16.4 Å². The highest BCUT2D eigenvalue weighted by molar-refractivity contribution is 6.34. The molecular formula is C20H25ClN6O2. The number of nitrogens with one attached hydrogen (secondary N) is 2. The molecule has 0 aliphatic carbocycles. The smallest absolute Gasteiger partial charge is 0.324 e. The number of amides is 3. The molecule has 154 valence electrons. The summed E-state index contributed by atoms with van der Waals surface area (Å²) in [4.78, 5) is 33.8. The fourth-order valence-corrected chi connectivity index (χ4v) is 3.93. The van der Waals surface area contributed by atoms with Crippen molar-refractivity contribution in [1.29, 1.82) is 0 Å². The Hall–Kier alpha value is -2.58. The molecule has 1 aromatic heterocycles. The Labute approximate surface area is 174 Å². The Balaban J connectivity index is 1.72. The maximum atomic E-state index is 13.2. The zero-order valence-corrected chi connectivity index (χ0v) is 17.6. The first-order valence-corrected chi connectivity index (χ1v) is 10.1. The number of rotatable bonds is 2. The van der Waals surface area contributed by atoms with Gasteiger partial charge in [0.2, 0.25) is 0 Å². The third-order valence-corrected chi connectivity index (χ3v) is 5.35. The fourth-order valence-electron chi connectivity index (χ4n) is 3.66. The predicted octanol–water partition coefficient (Wildman–Crippen LogP) is 3.09. The van der Waals surface area contributed by atoms with Gasteiger partial charge < -0.3 is 4.90 Å². The van der Waals surface area contributed by atoms with Gasteiger partial charge in [0.25, 0.3) is 5.91 Å². The van der Waals surface area contributed by atoms with Crippen LogP contribution in [0.3, 0.4) is 0 Å². The van der Waals surface area contributed by atoms with Gasteiger partial charge in [-0.05, 0) is 45.7 Å². The van der Waals surface area contributed by atoms with Gasteiger partial charge in [0.15, 0.2) is 5.69 Å². The van der Waals surface area contributed by atoms with Crippen LogP contribution in [0.2, 0.25) is 5.02 Å². The van der Waals surface area contributed by atoms with Gasteiger partial charge in [-0.3, -0.25) is 19.7 Å². The lowest BCUT2D eigenvalue weighted by Crippen LogP contribution is -2.49. The van der Waals surface area contributed by atoms with E-state index in [-0.39, 0.29) is 29.7 Å². The summed E-state index contributed by atoms with van der Waals surface area (Å²) in [6, 6.07) is 5.39. The molecule has 0 bridgehead atoms. The van der Waals surface area contributed by atoms with Gasteiger partial charge in [-0.2, -0.15) is 0 Å². The molecular weight excluding hydrogens is 392 g/mol. The number of aromatic nitrogens is 2. The van der Waals surface area contributed by atoms with Crippen molar-refractivity contribution in [2.75, 3.05) is 18.0 Å². The number of anilines is 1. The van der Waals surface area contributed by atoms with E-state index in [0.717, 1.165) is 31.6 Å². The topological polar surface area (TPSA) is 82.5 Å². The van der Waals surface area contributed by atoms with Crippen LogP contribution in [-0.2, 0) is 6.54 Å². The molecule has 0 atom stereocenters. The third kappa shape index (κ3) is 3.70. The van der Waals surface area contributed by atoms with E-state index in [4.69, 9.17) is 11.6 Å². The number of carbonyl (C=O) groups excluding carboxylic acids is 2. The zero-order chi connectivity index (χ0) is 20.8. The average Bonchev–Trinajstić information content (AvgIpc) is 3.34. The van der Waals surface area contributed by atoms with Crippen LogP contribution in [0.1, 0.15) is 49.8 Å². The molecule has 3 amide bonds. The number of nitrogens with zero attached hydrogens (tertiary/aromatic N) is 4. The summed E-state index contributed by atoms with van der Waals surface area (Å²) in [5.74, 6) is -0.340. The minimum absolute atomic E-state index is 0.0940. The Bertz CT molecular complexity index is 958. The quantitative estimate of drug-likeness (QED) is 0.737. The minimum atomic E-state index is -0.340. The first-order valence-electron chi connectivity index (χ1n) is 9.75. The van der Waals surface area contributed by atoms with Crippen molar-refractivity contribution in [1.82, 2.24) is 25.3 Å². The summed E-state index contributed by atoms with van der Waals surface area (Å²) in [7, 11) is 0. The minimum Gasteiger partial charge on any atom is -0.324 e. The van der Waals surface area contributed by atoms with E-state index < -0.39 is 0 Å². The van der Waals surface area contributed by atoms with Crippen molar-refractivity contribution in [3.63, 3.8) is 0 Å². The van der Waals surface area contributed by atoms with E-state index in [1.807, 2.05) is 42.4 Å². The molecule has 0 saturated carbocycles. The van der Waals surface area contributed by atoms with Crippen LogP contribution >= 0.6 is 11.6 Å². The van der Waals surface area contributed by atoms with Gasteiger partial charge >= 0.3 is 6.03 Å². The Kier molecular flexibility index (Phi) is 5.00. The van der Waals surface area contributed by atoms with Gasteiger partial charge in [-0.1, -0.05) is 17.7 Å². The van der Waals surface area contributed by atoms with Crippen molar-refractivity contribution in [3.05, 3.63) is 40.9 Å². The summed E-state index contributed by atoms with van der Waals surface area (Å²) < 4.78 is 1.83. The van der Waals surface area contributed by atoms with Crippen LogP contribution in [0.15, 0.2) is 24.5 Å². The highest BCUT2D eigenvalue weighted by Gasteiger charge is 2.35. The second kappa shape index (κ2) is 7.35. The molecule has 2 aliphatic rings. The second-order valence-electron chi connectivity index (χ2n) is 8.41. The molecule has 1 aromatic carbocycles. The van der Waals surface area contributed by atoms with E-state index in [1.165, 1.54) is 0 Å². The molecule has 3 heterocycles. The van der Waals surface area contributed by atoms with Crippen molar-refractivity contribution < 1.29 is 9.59 Å². The molecule has 2 aromatic rings. The van der Waals surface area contributed by atoms with Crippen LogP contribution in [-0.4, -0.2) is 45.0 Å². The lowest BCUT2D eigenvalue weighted by molar-refractivity contribution is 0.0908. The summed E-state index contributed by atoms with van der Waals surface area (Å²) in [6.07, 6.45) is 3.60. The number of carbonyl (C=O) groups is 2. The standard InChI is InChI=1S/C20H25ClN6O2/c1-20(2,3)24-23-18(28)16-15-11-26(19(29)25-9-4-5-10-25)17-13(21)7-6-8-14(17)27(15)12-22-16/h6-8,12,24H,4-5,9-11H2,1-3H3,(H,23,28). The first-order chi connectivity index (χ1) is 13.8. The number of fused-ring (bicyclic) bond motifs is 3. The summed E-state index contributed by atoms with van der Waals surface area (Å²) in [5.41, 5.74) is 7.71. The zero-order valence-electron chi connectivity index (χ0n) is 16.8. The van der Waals surface area contributed by atoms with Crippen molar-refractivity contribution in [3.8, 4) is 5.69 Å². The average molecular weight is 417 g/mol. The molecule has 1 saturated heterocycles. The highest BCUT2D eigenvalue weighted by atomic mass is 35.5. The highest BCUT2D eigenvalue weighted by Crippen LogP contribution is 2.39. The van der Waals surface area contributed by atoms with Crippen molar-refractivity contribution in [2.45, 2.75) is 45.7 Å². The van der Waals surface area contributed by atoms with E-state index in [9.17, 15) is 9.59 Å². The lowest BCUT2D eigenvalue weighted by Gasteiger charge is -2.34. The van der Waals surface area contributed by atoms with Crippen molar-refractivity contribution >= 4 is 29.2 Å². The molecule has 0 spiro atoms. The molecule has 8 nitrogen and oxygen atoms in total. The SMILES string of the molecule is CC(C)(C)NNC(=O)c1ncn2c1CN(C(=O)N1CCCC1)c1c(Cl)cccc1-2. The Morgan fingerprint density at radius 2 is 1.90 bits per heavy atom. The number of imidazole rings is 1. The fraction of sp³-hybridized carbons (Fsp3) is 0.450. The number of para-hydroxylation sites is 1. The molecule has 0 radical (unpaired) electrons. The Morgan fingerprint density at radius 3 is 2.59 bits per heavy atom. The predicted molar refractivity (Wildman–Crippen MR) is 111 cm³/mol. The number of likely N-dealkylation sites (tertiary alicyclic amines) is 1. The maximum Gasteiger partial charge on any atom is 0.324 e. The number of hydrazine groups is 1. The summed E-state index contributed by atoms with van der Waals surface area (Å²) >= 11 is 6.49. The van der Waals surface area contributed by atoms with Crippen LogP contribution in [0.5, 0.6) is 0 Å². The van der Waals surface area contributed by atoms with Crippen LogP contribution in [0.25, 0.3) is 5.69 Å².